The Labute approximate surface area is 320 Å². The highest BCUT2D eigenvalue weighted by atomic mass is 16.3. The molecule has 7 aromatic carbocycles. The van der Waals surface area contributed by atoms with Crippen LogP contribution in [0.3, 0.4) is 0 Å². The molecule has 4 nitrogen and oxygen atoms in total. The number of anilines is 6. The smallest absolute Gasteiger partial charge is 0.252 e. The van der Waals surface area contributed by atoms with Gasteiger partial charge in [0.05, 0.1) is 12.5 Å². The first-order valence-electron chi connectivity index (χ1n) is 18.7. The Hall–Kier alpha value is -7.24. The van der Waals surface area contributed by atoms with Gasteiger partial charge in [0.25, 0.3) is 6.71 Å². The molecular weight excluding hydrogens is 671 g/mol. The predicted octanol–water partition coefficient (Wildman–Crippen LogP) is 11.6. The third kappa shape index (κ3) is 5.16. The fraction of sp³-hybridized carbons (Fsp3) is 0. The number of hydrogen-bond donors (Lipinski definition) is 0. The number of furan rings is 2. The van der Waals surface area contributed by atoms with E-state index < -0.39 is 0 Å². The van der Waals surface area contributed by atoms with E-state index >= 15 is 0 Å². The van der Waals surface area contributed by atoms with E-state index in [9.17, 15) is 0 Å². The molecule has 0 N–H and O–H groups in total. The number of fused-ring (bicyclic) bond motifs is 4. The van der Waals surface area contributed by atoms with Crippen molar-refractivity contribution in [2.75, 3.05) is 9.80 Å². The van der Waals surface area contributed by atoms with Crippen molar-refractivity contribution >= 4 is 57.2 Å². The van der Waals surface area contributed by atoms with Gasteiger partial charge in [-0.2, -0.15) is 0 Å². The molecule has 0 fully saturated rings. The molecule has 0 saturated heterocycles. The van der Waals surface area contributed by atoms with Gasteiger partial charge in [-0.15, -0.1) is 0 Å². The summed E-state index contributed by atoms with van der Waals surface area (Å²) in [5.74, 6) is 1.74. The first kappa shape index (κ1) is 31.3. The van der Waals surface area contributed by atoms with Crippen molar-refractivity contribution < 1.29 is 8.83 Å². The summed E-state index contributed by atoms with van der Waals surface area (Å²) in [6.45, 7) is 0.0295. The molecule has 4 heterocycles. The molecule has 0 aliphatic carbocycles. The van der Waals surface area contributed by atoms with Crippen LogP contribution in [0, 0.1) is 0 Å². The molecule has 0 spiro atoms. The molecule has 0 amide bonds. The topological polar surface area (TPSA) is 32.8 Å². The maximum absolute atomic E-state index is 5.68. The number of para-hydroxylation sites is 2. The Morgan fingerprint density at radius 2 is 0.745 bits per heavy atom. The van der Waals surface area contributed by atoms with Crippen LogP contribution >= 0.6 is 0 Å². The summed E-state index contributed by atoms with van der Waals surface area (Å²) in [5, 5.41) is 0. The summed E-state index contributed by atoms with van der Waals surface area (Å²) in [5.41, 5.74) is 17.7. The van der Waals surface area contributed by atoms with E-state index in [1.807, 2.05) is 24.3 Å². The highest BCUT2D eigenvalue weighted by molar-refractivity contribution is 7.00. The molecular formula is C50H33BN2O2. The lowest BCUT2D eigenvalue weighted by molar-refractivity contribution is 0.582. The van der Waals surface area contributed by atoms with Gasteiger partial charge in [0.15, 0.2) is 0 Å². The zero-order valence-corrected chi connectivity index (χ0v) is 29.8. The van der Waals surface area contributed by atoms with Crippen LogP contribution in [0.4, 0.5) is 34.1 Å². The highest BCUT2D eigenvalue weighted by Crippen LogP contribution is 2.45. The first-order chi connectivity index (χ1) is 27.3. The lowest BCUT2D eigenvalue weighted by Gasteiger charge is -2.44. The van der Waals surface area contributed by atoms with Crippen LogP contribution in [-0.2, 0) is 0 Å². The molecule has 2 aliphatic heterocycles. The number of rotatable bonds is 6. The monoisotopic (exact) mass is 704 g/mol. The molecule has 2 aromatic heterocycles. The van der Waals surface area contributed by atoms with Gasteiger partial charge in [0.1, 0.15) is 11.5 Å². The van der Waals surface area contributed by atoms with Crippen molar-refractivity contribution in [3.05, 3.63) is 201 Å². The Morgan fingerprint density at radius 1 is 0.327 bits per heavy atom. The van der Waals surface area contributed by atoms with Crippen LogP contribution in [-0.4, -0.2) is 6.71 Å². The first-order valence-corrected chi connectivity index (χ1v) is 18.7. The molecule has 258 valence electrons. The molecule has 0 bridgehead atoms. The summed E-state index contributed by atoms with van der Waals surface area (Å²) in [4.78, 5) is 4.91. The van der Waals surface area contributed by atoms with Crippen LogP contribution in [0.25, 0.3) is 44.9 Å². The van der Waals surface area contributed by atoms with Crippen LogP contribution in [0.5, 0.6) is 0 Å². The number of benzene rings is 7. The zero-order chi connectivity index (χ0) is 36.3. The average molecular weight is 705 g/mol. The SMILES string of the molecule is c1ccc(N2c3cc(-c4ccc(-c5ccco5)cc4)ccc3B3c4ccc(-c5ccc(-c6ccco6)cc5)cc4N(c4ccccc4)c4cccc2c43)cc1. The molecule has 9 aromatic rings. The lowest BCUT2D eigenvalue weighted by Crippen LogP contribution is -2.61. The normalized spacial score (nSPS) is 12.6. The minimum atomic E-state index is 0.0295. The number of hydrogen-bond acceptors (Lipinski definition) is 4. The van der Waals surface area contributed by atoms with Crippen molar-refractivity contribution in [2.24, 2.45) is 0 Å². The second kappa shape index (κ2) is 12.7. The van der Waals surface area contributed by atoms with Gasteiger partial charge in [-0.25, -0.2) is 0 Å². The van der Waals surface area contributed by atoms with E-state index in [1.165, 1.54) is 50.3 Å². The fourth-order valence-electron chi connectivity index (χ4n) is 8.54. The van der Waals surface area contributed by atoms with Crippen molar-refractivity contribution in [1.29, 1.82) is 0 Å². The third-order valence-corrected chi connectivity index (χ3v) is 11.1. The van der Waals surface area contributed by atoms with Crippen molar-refractivity contribution in [2.45, 2.75) is 0 Å². The van der Waals surface area contributed by atoms with Gasteiger partial charge in [-0.1, -0.05) is 115 Å². The average Bonchev–Trinajstić information content (AvgIpc) is 4.01. The Morgan fingerprint density at radius 3 is 1.16 bits per heavy atom. The Balaban J connectivity index is 1.10. The number of nitrogens with zero attached hydrogens (tertiary/aromatic N) is 2. The molecule has 5 heteroatoms. The zero-order valence-electron chi connectivity index (χ0n) is 29.8. The van der Waals surface area contributed by atoms with Crippen molar-refractivity contribution in [3.8, 4) is 44.9 Å². The molecule has 11 rings (SSSR count). The van der Waals surface area contributed by atoms with Gasteiger partial charge in [-0.3, -0.25) is 0 Å². The minimum Gasteiger partial charge on any atom is -0.464 e. The van der Waals surface area contributed by atoms with E-state index in [1.54, 1.807) is 12.5 Å². The Bertz CT molecular complexity index is 2610. The van der Waals surface area contributed by atoms with Crippen LogP contribution in [0.1, 0.15) is 0 Å². The molecule has 0 unspecified atom stereocenters. The van der Waals surface area contributed by atoms with Gasteiger partial charge in [0, 0.05) is 45.3 Å². The third-order valence-electron chi connectivity index (χ3n) is 11.1. The summed E-state index contributed by atoms with van der Waals surface area (Å²) >= 11 is 0. The van der Waals surface area contributed by atoms with Crippen LogP contribution < -0.4 is 26.2 Å². The van der Waals surface area contributed by atoms with Gasteiger partial charge < -0.3 is 18.6 Å². The molecule has 55 heavy (non-hydrogen) atoms. The lowest BCUT2D eigenvalue weighted by atomic mass is 9.33. The quantitative estimate of drug-likeness (QED) is 0.161. The minimum absolute atomic E-state index is 0.0295. The largest absolute Gasteiger partial charge is 0.464 e. The van der Waals surface area contributed by atoms with Gasteiger partial charge in [-0.05, 0) is 111 Å². The highest BCUT2D eigenvalue weighted by Gasteiger charge is 2.43. The molecule has 0 radical (unpaired) electrons. The van der Waals surface area contributed by atoms with Crippen LogP contribution in [0.2, 0.25) is 0 Å². The van der Waals surface area contributed by atoms with E-state index in [0.717, 1.165) is 45.1 Å². The maximum atomic E-state index is 5.68. The van der Waals surface area contributed by atoms with Crippen molar-refractivity contribution in [3.63, 3.8) is 0 Å². The second-order valence-corrected chi connectivity index (χ2v) is 14.1. The second-order valence-electron chi connectivity index (χ2n) is 14.1. The molecule has 2 aliphatic rings. The fourth-order valence-corrected chi connectivity index (χ4v) is 8.54. The summed E-state index contributed by atoms with van der Waals surface area (Å²) < 4.78 is 11.4. The summed E-state index contributed by atoms with van der Waals surface area (Å²) in [6, 6.07) is 67.5. The summed E-state index contributed by atoms with van der Waals surface area (Å²) in [6.07, 6.45) is 3.44. The van der Waals surface area contributed by atoms with E-state index in [0.29, 0.717) is 0 Å². The Kier molecular flexibility index (Phi) is 7.24. The standard InChI is InChI=1S/C50H33BN2O2/c1-3-10-40(11-4-1)52-44-14-7-15-45-50(44)51(42-28-26-38(32-46(42)52)34-18-22-36(23-19-34)48-16-8-30-54-48)43-29-27-39(33-47(43)53(45)41-12-5-2-6-13-41)35-20-24-37(25-21-35)49-17-9-31-55-49/h1-33H. The summed E-state index contributed by atoms with van der Waals surface area (Å²) in [7, 11) is 0. The van der Waals surface area contributed by atoms with E-state index in [4.69, 9.17) is 8.83 Å². The maximum Gasteiger partial charge on any atom is 0.252 e. The van der Waals surface area contributed by atoms with Gasteiger partial charge in [0.2, 0.25) is 0 Å². The van der Waals surface area contributed by atoms with Crippen molar-refractivity contribution in [1.82, 2.24) is 0 Å². The molecule has 0 saturated carbocycles. The van der Waals surface area contributed by atoms with E-state index in [2.05, 4.69) is 174 Å². The van der Waals surface area contributed by atoms with Crippen LogP contribution in [0.15, 0.2) is 209 Å². The molecule has 0 atom stereocenters. The van der Waals surface area contributed by atoms with Gasteiger partial charge >= 0.3 is 0 Å². The predicted molar refractivity (Wildman–Crippen MR) is 227 cm³/mol. The van der Waals surface area contributed by atoms with E-state index in [-0.39, 0.29) is 6.71 Å².